The van der Waals surface area contributed by atoms with Crippen LogP contribution >= 0.6 is 0 Å². The van der Waals surface area contributed by atoms with Crippen molar-refractivity contribution >= 4 is 11.6 Å². The lowest BCUT2D eigenvalue weighted by molar-refractivity contribution is -0.136. The Kier molecular flexibility index (Phi) is 4.13. The van der Waals surface area contributed by atoms with Gasteiger partial charge in [0.05, 0.1) is 11.2 Å². The van der Waals surface area contributed by atoms with Crippen molar-refractivity contribution in [2.75, 3.05) is 18.9 Å². The molecule has 2 rings (SSSR count). The highest BCUT2D eigenvalue weighted by atomic mass is 19.4. The van der Waals surface area contributed by atoms with Crippen LogP contribution in [0.4, 0.5) is 18.9 Å². The van der Waals surface area contributed by atoms with E-state index in [9.17, 15) is 18.0 Å². The molecule has 1 aliphatic rings. The smallest absolute Gasteiger partial charge is 0.398 e. The van der Waals surface area contributed by atoms with Crippen molar-refractivity contribution in [2.24, 2.45) is 0 Å². The standard InChI is InChI=1S/C14H17F3N2O2/c1-13(5-2-6-21-13)8-19-12(20)9-3-4-11(18)10(7-9)14(15,16)17/h3-4,7H,2,5-6,8,18H2,1H3,(H,19,20). The van der Waals surface area contributed by atoms with E-state index in [1.807, 2.05) is 6.92 Å². The van der Waals surface area contributed by atoms with Crippen LogP contribution in [0.1, 0.15) is 35.7 Å². The average molecular weight is 302 g/mol. The topological polar surface area (TPSA) is 64.4 Å². The Hall–Kier alpha value is -1.76. The van der Waals surface area contributed by atoms with Gasteiger partial charge in [0, 0.05) is 24.4 Å². The predicted octanol–water partition coefficient (Wildman–Crippen LogP) is 2.59. The summed E-state index contributed by atoms with van der Waals surface area (Å²) >= 11 is 0. The largest absolute Gasteiger partial charge is 0.418 e. The molecule has 1 aromatic rings. The van der Waals surface area contributed by atoms with E-state index < -0.39 is 28.9 Å². The third kappa shape index (κ3) is 3.66. The Morgan fingerprint density at radius 3 is 2.76 bits per heavy atom. The summed E-state index contributed by atoms with van der Waals surface area (Å²) in [6, 6.07) is 3.13. The lowest BCUT2D eigenvalue weighted by atomic mass is 10.0. The molecular formula is C14H17F3N2O2. The Morgan fingerprint density at radius 2 is 2.19 bits per heavy atom. The number of carbonyl (C=O) groups excluding carboxylic acids is 1. The number of halogens is 3. The molecule has 3 N–H and O–H groups in total. The van der Waals surface area contributed by atoms with Crippen LogP contribution in [0, 0.1) is 0 Å². The van der Waals surface area contributed by atoms with E-state index in [2.05, 4.69) is 5.32 Å². The number of benzene rings is 1. The summed E-state index contributed by atoms with van der Waals surface area (Å²) in [5, 5.41) is 2.61. The van der Waals surface area contributed by atoms with Gasteiger partial charge in [0.25, 0.3) is 5.91 Å². The monoisotopic (exact) mass is 302 g/mol. The first kappa shape index (κ1) is 15.6. The third-order valence-electron chi connectivity index (χ3n) is 3.54. The van der Waals surface area contributed by atoms with Crippen molar-refractivity contribution in [3.05, 3.63) is 29.3 Å². The number of hydrogen-bond acceptors (Lipinski definition) is 3. The van der Waals surface area contributed by atoms with E-state index in [0.29, 0.717) is 6.61 Å². The SMILES string of the molecule is CC1(CNC(=O)c2ccc(N)c(C(F)(F)F)c2)CCCO1. The molecule has 7 heteroatoms. The minimum Gasteiger partial charge on any atom is -0.398 e. The number of amides is 1. The van der Waals surface area contributed by atoms with Crippen LogP contribution in [0.2, 0.25) is 0 Å². The maximum Gasteiger partial charge on any atom is 0.418 e. The van der Waals surface area contributed by atoms with Crippen LogP contribution in [0.3, 0.4) is 0 Å². The number of nitrogens with one attached hydrogen (secondary N) is 1. The van der Waals surface area contributed by atoms with E-state index in [1.54, 1.807) is 0 Å². The van der Waals surface area contributed by atoms with E-state index in [0.717, 1.165) is 25.0 Å². The molecule has 0 aliphatic carbocycles. The first-order valence-corrected chi connectivity index (χ1v) is 6.60. The first-order chi connectivity index (χ1) is 9.71. The summed E-state index contributed by atoms with van der Waals surface area (Å²) in [7, 11) is 0. The van der Waals surface area contributed by atoms with Crippen LogP contribution in [0.15, 0.2) is 18.2 Å². The van der Waals surface area contributed by atoms with Gasteiger partial charge in [-0.05, 0) is 38.0 Å². The van der Waals surface area contributed by atoms with E-state index >= 15 is 0 Å². The molecule has 0 spiro atoms. The Balaban J connectivity index is 2.09. The van der Waals surface area contributed by atoms with Crippen LogP contribution in [0.5, 0.6) is 0 Å². The molecule has 21 heavy (non-hydrogen) atoms. The van der Waals surface area contributed by atoms with Crippen LogP contribution < -0.4 is 11.1 Å². The van der Waals surface area contributed by atoms with Gasteiger partial charge in [-0.15, -0.1) is 0 Å². The molecule has 1 fully saturated rings. The molecule has 4 nitrogen and oxygen atoms in total. The first-order valence-electron chi connectivity index (χ1n) is 6.60. The number of rotatable bonds is 3. The minimum atomic E-state index is -4.58. The van der Waals surface area contributed by atoms with Crippen molar-refractivity contribution in [3.63, 3.8) is 0 Å². The second-order valence-corrected chi connectivity index (χ2v) is 5.38. The molecule has 0 aromatic heterocycles. The van der Waals surface area contributed by atoms with Crippen molar-refractivity contribution in [2.45, 2.75) is 31.5 Å². The lowest BCUT2D eigenvalue weighted by Crippen LogP contribution is -2.40. The van der Waals surface area contributed by atoms with Crippen LogP contribution in [0.25, 0.3) is 0 Å². The number of ether oxygens (including phenoxy) is 1. The highest BCUT2D eigenvalue weighted by Gasteiger charge is 2.34. The quantitative estimate of drug-likeness (QED) is 0.844. The van der Waals surface area contributed by atoms with Gasteiger partial charge < -0.3 is 15.8 Å². The summed E-state index contributed by atoms with van der Waals surface area (Å²) in [6.45, 7) is 2.76. The molecular weight excluding hydrogens is 285 g/mol. The van der Waals surface area contributed by atoms with Crippen molar-refractivity contribution < 1.29 is 22.7 Å². The molecule has 1 amide bonds. The Morgan fingerprint density at radius 1 is 1.48 bits per heavy atom. The molecule has 1 aromatic carbocycles. The van der Waals surface area contributed by atoms with Gasteiger partial charge in [0.1, 0.15) is 0 Å². The number of alkyl halides is 3. The second-order valence-electron chi connectivity index (χ2n) is 5.38. The van der Waals surface area contributed by atoms with Crippen molar-refractivity contribution in [1.29, 1.82) is 0 Å². The highest BCUT2D eigenvalue weighted by Crippen LogP contribution is 2.34. The zero-order chi connectivity index (χ0) is 15.7. The van der Waals surface area contributed by atoms with Gasteiger partial charge in [-0.3, -0.25) is 4.79 Å². The van der Waals surface area contributed by atoms with Gasteiger partial charge >= 0.3 is 6.18 Å². The van der Waals surface area contributed by atoms with Gasteiger partial charge in [-0.2, -0.15) is 13.2 Å². The molecule has 0 saturated carbocycles. The van der Waals surface area contributed by atoms with Crippen molar-refractivity contribution in [3.8, 4) is 0 Å². The number of carbonyl (C=O) groups is 1. The molecule has 0 bridgehead atoms. The minimum absolute atomic E-state index is 0.0712. The van der Waals surface area contributed by atoms with E-state index in [4.69, 9.17) is 10.5 Å². The third-order valence-corrected chi connectivity index (χ3v) is 3.54. The van der Waals surface area contributed by atoms with Crippen LogP contribution in [-0.4, -0.2) is 24.7 Å². The summed E-state index contributed by atoms with van der Waals surface area (Å²) in [5.74, 6) is -0.572. The number of nitrogen functional groups attached to an aromatic ring is 1. The fraction of sp³-hybridized carbons (Fsp3) is 0.500. The number of hydrogen-bond donors (Lipinski definition) is 2. The Bertz CT molecular complexity index is 538. The van der Waals surface area contributed by atoms with Crippen molar-refractivity contribution in [1.82, 2.24) is 5.32 Å². The predicted molar refractivity (Wildman–Crippen MR) is 71.8 cm³/mol. The van der Waals surface area contributed by atoms with Gasteiger partial charge in [0.2, 0.25) is 0 Å². The average Bonchev–Trinajstić information content (AvgIpc) is 2.83. The highest BCUT2D eigenvalue weighted by molar-refractivity contribution is 5.95. The lowest BCUT2D eigenvalue weighted by Gasteiger charge is -2.23. The fourth-order valence-corrected chi connectivity index (χ4v) is 2.29. The molecule has 1 heterocycles. The van der Waals surface area contributed by atoms with Gasteiger partial charge in [-0.1, -0.05) is 0 Å². The zero-order valence-electron chi connectivity index (χ0n) is 11.6. The summed E-state index contributed by atoms with van der Waals surface area (Å²) < 4.78 is 43.8. The maximum atomic E-state index is 12.8. The summed E-state index contributed by atoms with van der Waals surface area (Å²) in [4.78, 5) is 12.0. The molecule has 116 valence electrons. The maximum absolute atomic E-state index is 12.8. The molecule has 0 radical (unpaired) electrons. The second kappa shape index (κ2) is 5.55. The van der Waals surface area contributed by atoms with Crippen LogP contribution in [-0.2, 0) is 10.9 Å². The van der Waals surface area contributed by atoms with Gasteiger partial charge in [-0.25, -0.2) is 0 Å². The summed E-state index contributed by atoms with van der Waals surface area (Å²) in [5.41, 5.74) is 3.38. The molecule has 1 saturated heterocycles. The molecule has 1 unspecified atom stereocenters. The Labute approximate surface area is 120 Å². The zero-order valence-corrected chi connectivity index (χ0v) is 11.6. The molecule has 1 atom stereocenters. The number of anilines is 1. The number of nitrogens with two attached hydrogens (primary N) is 1. The summed E-state index contributed by atoms with van der Waals surface area (Å²) in [6.07, 6.45) is -2.86. The van der Waals surface area contributed by atoms with E-state index in [-0.39, 0.29) is 12.1 Å². The molecule has 1 aliphatic heterocycles. The normalized spacial score (nSPS) is 22.3. The van der Waals surface area contributed by atoms with Gasteiger partial charge in [0.15, 0.2) is 0 Å². The van der Waals surface area contributed by atoms with E-state index in [1.165, 1.54) is 6.07 Å². The fourth-order valence-electron chi connectivity index (χ4n) is 2.29.